The van der Waals surface area contributed by atoms with Crippen LogP contribution in [0.4, 0.5) is 0 Å². The fraction of sp³-hybridized carbons (Fsp3) is 0.182. The highest BCUT2D eigenvalue weighted by atomic mass is 16.3. The number of rotatable bonds is 2. The quantitative estimate of drug-likeness (QED) is 0.764. The molecule has 0 unspecified atom stereocenters. The second kappa shape index (κ2) is 7.11. The molecule has 0 bridgehead atoms. The molecule has 0 saturated carbocycles. The fourth-order valence-electron chi connectivity index (χ4n) is 3.45. The summed E-state index contributed by atoms with van der Waals surface area (Å²) in [6, 6.07) is 20.1. The molecule has 3 aromatic rings. The van der Waals surface area contributed by atoms with Crippen molar-refractivity contribution in [3.05, 3.63) is 77.9 Å². The Labute approximate surface area is 157 Å². The molecule has 27 heavy (non-hydrogen) atoms. The summed E-state index contributed by atoms with van der Waals surface area (Å²) in [7, 11) is 0. The summed E-state index contributed by atoms with van der Waals surface area (Å²) >= 11 is 0. The number of phenolic OH excluding ortho intramolecular Hbond substituents is 1. The van der Waals surface area contributed by atoms with Crippen molar-refractivity contribution < 1.29 is 14.7 Å². The standard InChI is InChI=1S/C22H20N2O3/c25-20-15-18-9-5-4-8-17(18)14-19(20)22(27)24-12-10-23(11-13-24)21(26)16-6-2-1-3-7-16/h1-9,14-15,25H,10-13H2. The van der Waals surface area contributed by atoms with E-state index in [-0.39, 0.29) is 17.6 Å². The van der Waals surface area contributed by atoms with Gasteiger partial charge in [-0.15, -0.1) is 0 Å². The van der Waals surface area contributed by atoms with Gasteiger partial charge in [-0.2, -0.15) is 0 Å². The number of phenols is 1. The highest BCUT2D eigenvalue weighted by Gasteiger charge is 2.26. The average molecular weight is 360 g/mol. The van der Waals surface area contributed by atoms with Gasteiger partial charge in [0.2, 0.25) is 0 Å². The van der Waals surface area contributed by atoms with E-state index in [1.165, 1.54) is 0 Å². The molecule has 1 aliphatic rings. The predicted molar refractivity (Wildman–Crippen MR) is 104 cm³/mol. The maximum atomic E-state index is 12.9. The van der Waals surface area contributed by atoms with E-state index in [2.05, 4.69) is 0 Å². The van der Waals surface area contributed by atoms with Gasteiger partial charge in [0.1, 0.15) is 5.75 Å². The molecule has 0 aliphatic carbocycles. The van der Waals surface area contributed by atoms with Crippen molar-refractivity contribution in [2.45, 2.75) is 0 Å². The second-order valence-corrected chi connectivity index (χ2v) is 6.67. The van der Waals surface area contributed by atoms with Crippen LogP contribution >= 0.6 is 0 Å². The second-order valence-electron chi connectivity index (χ2n) is 6.67. The first kappa shape index (κ1) is 17.1. The lowest BCUT2D eigenvalue weighted by atomic mass is 10.0. The third kappa shape index (κ3) is 3.36. The fourth-order valence-corrected chi connectivity index (χ4v) is 3.45. The minimum absolute atomic E-state index is 0.0125. The number of piperazine rings is 1. The Morgan fingerprint density at radius 3 is 1.85 bits per heavy atom. The number of carbonyl (C=O) groups excluding carboxylic acids is 2. The van der Waals surface area contributed by atoms with Gasteiger partial charge in [0.15, 0.2) is 0 Å². The Kier molecular flexibility index (Phi) is 4.50. The molecule has 1 fully saturated rings. The van der Waals surface area contributed by atoms with Gasteiger partial charge in [0, 0.05) is 31.7 Å². The zero-order chi connectivity index (χ0) is 18.8. The minimum atomic E-state index is -0.204. The van der Waals surface area contributed by atoms with Gasteiger partial charge in [-0.1, -0.05) is 42.5 Å². The Balaban J connectivity index is 1.47. The highest BCUT2D eigenvalue weighted by Crippen LogP contribution is 2.26. The van der Waals surface area contributed by atoms with E-state index in [0.717, 1.165) is 10.8 Å². The van der Waals surface area contributed by atoms with Crippen LogP contribution in [0.15, 0.2) is 66.7 Å². The molecule has 1 heterocycles. The molecular formula is C22H20N2O3. The van der Waals surface area contributed by atoms with Gasteiger partial charge in [-0.05, 0) is 35.0 Å². The summed E-state index contributed by atoms with van der Waals surface area (Å²) in [5.74, 6) is -0.234. The van der Waals surface area contributed by atoms with Crippen molar-refractivity contribution >= 4 is 22.6 Å². The molecule has 0 spiro atoms. The van der Waals surface area contributed by atoms with Crippen molar-refractivity contribution in [2.75, 3.05) is 26.2 Å². The number of nitrogens with zero attached hydrogens (tertiary/aromatic N) is 2. The number of benzene rings is 3. The molecule has 1 N–H and O–H groups in total. The molecule has 0 atom stereocenters. The van der Waals surface area contributed by atoms with Crippen molar-refractivity contribution in [3.8, 4) is 5.75 Å². The third-order valence-corrected chi connectivity index (χ3v) is 4.97. The van der Waals surface area contributed by atoms with Crippen LogP contribution in [0.25, 0.3) is 10.8 Å². The van der Waals surface area contributed by atoms with Crippen LogP contribution in [0.1, 0.15) is 20.7 Å². The van der Waals surface area contributed by atoms with Gasteiger partial charge in [-0.25, -0.2) is 0 Å². The first-order valence-electron chi connectivity index (χ1n) is 8.99. The Bertz CT molecular complexity index is 993. The van der Waals surface area contributed by atoms with E-state index >= 15 is 0 Å². The highest BCUT2D eigenvalue weighted by molar-refractivity contribution is 6.01. The molecule has 1 saturated heterocycles. The lowest BCUT2D eigenvalue weighted by molar-refractivity contribution is 0.0534. The maximum Gasteiger partial charge on any atom is 0.257 e. The molecule has 1 aliphatic heterocycles. The number of carbonyl (C=O) groups is 2. The number of hydrogen-bond acceptors (Lipinski definition) is 3. The van der Waals surface area contributed by atoms with Crippen molar-refractivity contribution in [1.82, 2.24) is 9.80 Å². The van der Waals surface area contributed by atoms with E-state index < -0.39 is 0 Å². The van der Waals surface area contributed by atoms with E-state index in [9.17, 15) is 14.7 Å². The minimum Gasteiger partial charge on any atom is -0.507 e. The molecule has 136 valence electrons. The van der Waals surface area contributed by atoms with E-state index in [4.69, 9.17) is 0 Å². The largest absolute Gasteiger partial charge is 0.507 e. The zero-order valence-electron chi connectivity index (χ0n) is 14.8. The van der Waals surface area contributed by atoms with Crippen molar-refractivity contribution in [1.29, 1.82) is 0 Å². The van der Waals surface area contributed by atoms with Crippen LogP contribution in [0.3, 0.4) is 0 Å². The summed E-state index contributed by atoms with van der Waals surface area (Å²) in [5.41, 5.74) is 0.959. The lowest BCUT2D eigenvalue weighted by Crippen LogP contribution is -2.50. The van der Waals surface area contributed by atoms with Gasteiger partial charge in [-0.3, -0.25) is 9.59 Å². The summed E-state index contributed by atoms with van der Waals surface area (Å²) < 4.78 is 0. The van der Waals surface area contributed by atoms with Crippen molar-refractivity contribution in [2.24, 2.45) is 0 Å². The summed E-state index contributed by atoms with van der Waals surface area (Å²) in [4.78, 5) is 28.9. The molecule has 5 heteroatoms. The number of fused-ring (bicyclic) bond motifs is 1. The van der Waals surface area contributed by atoms with E-state index in [1.807, 2.05) is 42.5 Å². The van der Waals surface area contributed by atoms with Crippen LogP contribution in [-0.4, -0.2) is 52.9 Å². The molecule has 0 radical (unpaired) electrons. The van der Waals surface area contributed by atoms with Crippen LogP contribution < -0.4 is 0 Å². The van der Waals surface area contributed by atoms with Crippen LogP contribution in [-0.2, 0) is 0 Å². The van der Waals surface area contributed by atoms with Gasteiger partial charge in [0.05, 0.1) is 5.56 Å². The maximum absolute atomic E-state index is 12.9. The molecule has 2 amide bonds. The van der Waals surface area contributed by atoms with Crippen LogP contribution in [0, 0.1) is 0 Å². The topological polar surface area (TPSA) is 60.9 Å². The van der Waals surface area contributed by atoms with Crippen molar-refractivity contribution in [3.63, 3.8) is 0 Å². The SMILES string of the molecule is O=C(c1ccccc1)N1CCN(C(=O)c2cc3ccccc3cc2O)CC1. The monoisotopic (exact) mass is 360 g/mol. The summed E-state index contributed by atoms with van der Waals surface area (Å²) in [6.45, 7) is 1.86. The normalized spacial score (nSPS) is 14.4. The smallest absolute Gasteiger partial charge is 0.257 e. The Hall–Kier alpha value is -3.34. The summed E-state index contributed by atoms with van der Waals surface area (Å²) in [5, 5.41) is 12.1. The molecule has 0 aromatic heterocycles. The van der Waals surface area contributed by atoms with E-state index in [1.54, 1.807) is 34.1 Å². The lowest BCUT2D eigenvalue weighted by Gasteiger charge is -2.35. The predicted octanol–water partition coefficient (Wildman–Crippen LogP) is 3.14. The molecule has 5 nitrogen and oxygen atoms in total. The summed E-state index contributed by atoms with van der Waals surface area (Å²) in [6.07, 6.45) is 0. The van der Waals surface area contributed by atoms with Crippen LogP contribution in [0.5, 0.6) is 5.75 Å². The Morgan fingerprint density at radius 1 is 0.704 bits per heavy atom. The van der Waals surface area contributed by atoms with Gasteiger partial charge >= 0.3 is 0 Å². The third-order valence-electron chi connectivity index (χ3n) is 4.97. The Morgan fingerprint density at radius 2 is 1.22 bits per heavy atom. The van der Waals surface area contributed by atoms with E-state index in [0.29, 0.717) is 37.3 Å². The first-order chi connectivity index (χ1) is 13.1. The first-order valence-corrected chi connectivity index (χ1v) is 8.99. The van der Waals surface area contributed by atoms with Gasteiger partial charge < -0.3 is 14.9 Å². The van der Waals surface area contributed by atoms with Crippen LogP contribution in [0.2, 0.25) is 0 Å². The number of amides is 2. The zero-order valence-corrected chi connectivity index (χ0v) is 14.8. The average Bonchev–Trinajstić information content (AvgIpc) is 2.73. The number of hydrogen-bond donors (Lipinski definition) is 1. The molecular weight excluding hydrogens is 340 g/mol. The number of aromatic hydroxyl groups is 1. The molecule has 4 rings (SSSR count). The molecule has 3 aromatic carbocycles. The van der Waals surface area contributed by atoms with Gasteiger partial charge in [0.25, 0.3) is 11.8 Å².